The maximum absolute atomic E-state index is 11.3. The zero-order chi connectivity index (χ0) is 17.2. The van der Waals surface area contributed by atoms with Crippen LogP contribution in [0.25, 0.3) is 22.3 Å². The molecule has 4 rings (SSSR count). The summed E-state index contributed by atoms with van der Waals surface area (Å²) in [5.41, 5.74) is 7.06. The normalized spacial score (nSPS) is 14.7. The Hall–Kier alpha value is -3.29. The highest BCUT2D eigenvalue weighted by atomic mass is 16.2. The molecule has 0 aromatic carbocycles. The summed E-state index contributed by atoms with van der Waals surface area (Å²) in [7, 11) is 0. The van der Waals surface area contributed by atoms with Gasteiger partial charge in [-0.05, 0) is 18.2 Å². The number of carbonyl (C=O) groups is 1. The van der Waals surface area contributed by atoms with Gasteiger partial charge >= 0.3 is 6.03 Å². The molecule has 0 radical (unpaired) electrons. The fourth-order valence-corrected chi connectivity index (χ4v) is 2.97. The molecule has 2 amide bonds. The molecule has 0 aliphatic carbocycles. The summed E-state index contributed by atoms with van der Waals surface area (Å²) >= 11 is 0. The first-order valence-electron chi connectivity index (χ1n) is 8.04. The fraction of sp³-hybridized carbons (Fsp3) is 0.235. The number of pyridine rings is 2. The topological polar surface area (TPSA) is 101 Å². The van der Waals surface area contributed by atoms with Gasteiger partial charge < -0.3 is 15.5 Å². The number of carbonyl (C=O) groups excluding carboxylic acids is 1. The molecule has 1 aliphatic rings. The SMILES string of the molecule is NC(=O)N1CCN(c2nc(-c3ccncc3)nc3cnccc23)CC1. The van der Waals surface area contributed by atoms with Crippen molar-refractivity contribution in [2.45, 2.75) is 0 Å². The summed E-state index contributed by atoms with van der Waals surface area (Å²) in [5, 5.41) is 0.945. The van der Waals surface area contributed by atoms with Crippen molar-refractivity contribution in [1.29, 1.82) is 0 Å². The molecule has 3 aromatic rings. The molecule has 0 bridgehead atoms. The van der Waals surface area contributed by atoms with E-state index >= 15 is 0 Å². The molecule has 3 aromatic heterocycles. The maximum Gasteiger partial charge on any atom is 0.314 e. The second-order valence-electron chi connectivity index (χ2n) is 5.81. The summed E-state index contributed by atoms with van der Waals surface area (Å²) in [6.07, 6.45) is 6.92. The van der Waals surface area contributed by atoms with Crippen LogP contribution in [-0.2, 0) is 0 Å². The standard InChI is InChI=1S/C17H17N7O/c18-17(25)24-9-7-23(8-10-24)16-13-3-6-20-11-14(13)21-15(22-16)12-1-4-19-5-2-12/h1-6,11H,7-10H2,(H2,18,25). The van der Waals surface area contributed by atoms with Crippen LogP contribution < -0.4 is 10.6 Å². The second kappa shape index (κ2) is 6.31. The van der Waals surface area contributed by atoms with E-state index in [1.807, 2.05) is 18.2 Å². The monoisotopic (exact) mass is 335 g/mol. The van der Waals surface area contributed by atoms with Gasteiger partial charge in [-0.2, -0.15) is 0 Å². The molecule has 0 spiro atoms. The van der Waals surface area contributed by atoms with Crippen molar-refractivity contribution in [3.8, 4) is 11.4 Å². The predicted molar refractivity (Wildman–Crippen MR) is 93.9 cm³/mol. The summed E-state index contributed by atoms with van der Waals surface area (Å²) in [6, 6.07) is 5.30. The van der Waals surface area contributed by atoms with Crippen LogP contribution in [0.1, 0.15) is 0 Å². The van der Waals surface area contributed by atoms with Gasteiger partial charge in [0, 0.05) is 55.7 Å². The number of hydrogen-bond acceptors (Lipinski definition) is 6. The van der Waals surface area contributed by atoms with Gasteiger partial charge in [0.1, 0.15) is 5.82 Å². The number of urea groups is 1. The van der Waals surface area contributed by atoms with Crippen LogP contribution in [0.4, 0.5) is 10.6 Å². The van der Waals surface area contributed by atoms with E-state index in [4.69, 9.17) is 10.7 Å². The van der Waals surface area contributed by atoms with E-state index in [0.29, 0.717) is 32.0 Å². The first-order chi connectivity index (χ1) is 12.2. The summed E-state index contributed by atoms with van der Waals surface area (Å²) in [5.74, 6) is 1.48. The van der Waals surface area contributed by atoms with Gasteiger partial charge in [-0.3, -0.25) is 9.97 Å². The Labute approximate surface area is 144 Å². The molecular weight excluding hydrogens is 318 g/mol. The molecule has 1 saturated heterocycles. The van der Waals surface area contributed by atoms with E-state index in [9.17, 15) is 4.79 Å². The molecule has 2 N–H and O–H groups in total. The summed E-state index contributed by atoms with van der Waals surface area (Å²) in [6.45, 7) is 2.51. The Bertz CT molecular complexity index is 907. The Morgan fingerprint density at radius 3 is 2.40 bits per heavy atom. The van der Waals surface area contributed by atoms with E-state index in [1.54, 1.807) is 29.7 Å². The smallest absolute Gasteiger partial charge is 0.314 e. The lowest BCUT2D eigenvalue weighted by Gasteiger charge is -2.35. The summed E-state index contributed by atoms with van der Waals surface area (Å²) in [4.78, 5) is 32.8. The number of amides is 2. The van der Waals surface area contributed by atoms with Crippen molar-refractivity contribution in [2.24, 2.45) is 5.73 Å². The van der Waals surface area contributed by atoms with E-state index in [-0.39, 0.29) is 6.03 Å². The van der Waals surface area contributed by atoms with Gasteiger partial charge in [-0.25, -0.2) is 14.8 Å². The zero-order valence-corrected chi connectivity index (χ0v) is 13.5. The molecule has 25 heavy (non-hydrogen) atoms. The minimum absolute atomic E-state index is 0.381. The first kappa shape index (κ1) is 15.3. The van der Waals surface area contributed by atoms with Crippen molar-refractivity contribution in [3.63, 3.8) is 0 Å². The minimum Gasteiger partial charge on any atom is -0.352 e. The van der Waals surface area contributed by atoms with Gasteiger partial charge in [0.15, 0.2) is 5.82 Å². The number of anilines is 1. The van der Waals surface area contributed by atoms with Crippen LogP contribution in [-0.4, -0.2) is 57.0 Å². The fourth-order valence-electron chi connectivity index (χ4n) is 2.97. The highest BCUT2D eigenvalue weighted by Crippen LogP contribution is 2.27. The van der Waals surface area contributed by atoms with Gasteiger partial charge in [-0.15, -0.1) is 0 Å². The second-order valence-corrected chi connectivity index (χ2v) is 5.81. The minimum atomic E-state index is -0.381. The Morgan fingerprint density at radius 2 is 1.68 bits per heavy atom. The van der Waals surface area contributed by atoms with Crippen LogP contribution in [0.2, 0.25) is 0 Å². The number of fused-ring (bicyclic) bond motifs is 1. The Kier molecular flexibility index (Phi) is 3.85. The highest BCUT2D eigenvalue weighted by Gasteiger charge is 2.22. The highest BCUT2D eigenvalue weighted by molar-refractivity contribution is 5.90. The molecule has 4 heterocycles. The third-order valence-electron chi connectivity index (χ3n) is 4.31. The molecule has 8 nitrogen and oxygen atoms in total. The lowest BCUT2D eigenvalue weighted by atomic mass is 10.2. The number of aromatic nitrogens is 4. The molecule has 126 valence electrons. The van der Waals surface area contributed by atoms with Crippen LogP contribution in [0.5, 0.6) is 0 Å². The van der Waals surface area contributed by atoms with Gasteiger partial charge in [0.25, 0.3) is 0 Å². The van der Waals surface area contributed by atoms with Crippen molar-refractivity contribution in [3.05, 3.63) is 43.0 Å². The summed E-state index contributed by atoms with van der Waals surface area (Å²) < 4.78 is 0. The molecule has 0 saturated carbocycles. The molecule has 1 aliphatic heterocycles. The number of rotatable bonds is 2. The maximum atomic E-state index is 11.3. The third kappa shape index (κ3) is 2.93. The van der Waals surface area contributed by atoms with Crippen LogP contribution in [0, 0.1) is 0 Å². The molecule has 0 unspecified atom stereocenters. The van der Waals surface area contributed by atoms with E-state index in [1.165, 1.54) is 0 Å². The first-order valence-corrected chi connectivity index (χ1v) is 8.04. The van der Waals surface area contributed by atoms with E-state index in [2.05, 4.69) is 19.9 Å². The van der Waals surface area contributed by atoms with Gasteiger partial charge in [0.2, 0.25) is 0 Å². The Balaban J connectivity index is 1.76. The lowest BCUT2D eigenvalue weighted by Crippen LogP contribution is -2.50. The molecule has 8 heteroatoms. The van der Waals surface area contributed by atoms with Gasteiger partial charge in [-0.1, -0.05) is 0 Å². The van der Waals surface area contributed by atoms with Crippen molar-refractivity contribution in [1.82, 2.24) is 24.8 Å². The predicted octanol–water partition coefficient (Wildman–Crippen LogP) is 1.29. The average Bonchev–Trinajstić information content (AvgIpc) is 2.68. The third-order valence-corrected chi connectivity index (χ3v) is 4.31. The van der Waals surface area contributed by atoms with Gasteiger partial charge in [0.05, 0.1) is 11.7 Å². The van der Waals surface area contributed by atoms with Crippen molar-refractivity contribution >= 4 is 22.8 Å². The van der Waals surface area contributed by atoms with E-state index in [0.717, 1.165) is 22.3 Å². The quantitative estimate of drug-likeness (QED) is 0.757. The van der Waals surface area contributed by atoms with Crippen LogP contribution in [0.15, 0.2) is 43.0 Å². The van der Waals surface area contributed by atoms with E-state index < -0.39 is 0 Å². The average molecular weight is 335 g/mol. The lowest BCUT2D eigenvalue weighted by molar-refractivity contribution is 0.204. The van der Waals surface area contributed by atoms with Crippen LogP contribution >= 0.6 is 0 Å². The van der Waals surface area contributed by atoms with Crippen molar-refractivity contribution < 1.29 is 4.79 Å². The zero-order valence-electron chi connectivity index (χ0n) is 13.5. The number of piperazine rings is 1. The molecule has 0 atom stereocenters. The Morgan fingerprint density at radius 1 is 0.960 bits per heavy atom. The number of hydrogen-bond donors (Lipinski definition) is 1. The number of nitrogens with zero attached hydrogens (tertiary/aromatic N) is 6. The molecule has 1 fully saturated rings. The largest absolute Gasteiger partial charge is 0.352 e. The molecular formula is C17H17N7O. The number of primary amides is 1. The van der Waals surface area contributed by atoms with Crippen LogP contribution in [0.3, 0.4) is 0 Å². The van der Waals surface area contributed by atoms with Crippen molar-refractivity contribution in [2.75, 3.05) is 31.1 Å². The number of nitrogens with two attached hydrogens (primary N) is 1.